The molecule has 156 valence electrons. The van der Waals surface area contributed by atoms with Gasteiger partial charge in [0.25, 0.3) is 0 Å². The molecule has 0 saturated heterocycles. The highest BCUT2D eigenvalue weighted by molar-refractivity contribution is 5.75. The Labute approximate surface area is 160 Å². The Bertz CT molecular complexity index is 427. The van der Waals surface area contributed by atoms with Crippen LogP contribution in [-0.4, -0.2) is 37.2 Å². The fourth-order valence-corrected chi connectivity index (χ4v) is 3.89. The first-order valence-corrected chi connectivity index (χ1v) is 10.2. The average Bonchev–Trinajstić information content (AvgIpc) is 3.46. The summed E-state index contributed by atoms with van der Waals surface area (Å²) in [6.45, 7) is 1.93. The van der Waals surface area contributed by atoms with Gasteiger partial charge >= 0.3 is 12.1 Å². The molecular weight excluding hydrogens is 356 g/mol. The molecule has 0 aromatic carbocycles. The van der Waals surface area contributed by atoms with Crippen molar-refractivity contribution < 1.29 is 27.9 Å². The Kier molecular flexibility index (Phi) is 12.1. The third-order valence-electron chi connectivity index (χ3n) is 5.43. The highest BCUT2D eigenvalue weighted by Gasteiger charge is 2.49. The number of carbonyl (C=O) groups excluding carboxylic acids is 3. The van der Waals surface area contributed by atoms with Crippen molar-refractivity contribution in [3.8, 4) is 0 Å². The molecule has 7 heteroatoms. The van der Waals surface area contributed by atoms with Crippen molar-refractivity contribution in [1.29, 1.82) is 0 Å². The minimum atomic E-state index is -2.37. The SMILES string of the molecule is C1CCC(NC2CCCCC2)CC1.CCOC(=O)C1CC1C(F)F.O=C=O. The minimum Gasteiger partial charge on any atom is -0.466 e. The molecule has 0 amide bonds. The maximum atomic E-state index is 11.9. The number of ether oxygens (including phenoxy) is 1. The van der Waals surface area contributed by atoms with E-state index in [-0.39, 0.29) is 19.2 Å². The first kappa shape index (κ1) is 23.7. The van der Waals surface area contributed by atoms with Crippen LogP contribution in [0.4, 0.5) is 8.78 Å². The molecule has 3 aliphatic rings. The Hall–Kier alpha value is -1.33. The Morgan fingerprint density at radius 3 is 1.78 bits per heavy atom. The predicted molar refractivity (Wildman–Crippen MR) is 96.1 cm³/mol. The fraction of sp³-hybridized carbons (Fsp3) is 0.900. The quantitative estimate of drug-likeness (QED) is 0.717. The van der Waals surface area contributed by atoms with Gasteiger partial charge in [0.15, 0.2) is 0 Å². The Balaban J connectivity index is 0.000000239. The molecule has 0 aromatic rings. The number of hydrogen-bond acceptors (Lipinski definition) is 5. The van der Waals surface area contributed by atoms with Crippen LogP contribution in [0.5, 0.6) is 0 Å². The van der Waals surface area contributed by atoms with Gasteiger partial charge in [-0.15, -0.1) is 0 Å². The van der Waals surface area contributed by atoms with E-state index in [1.807, 2.05) is 0 Å². The number of nitrogens with one attached hydrogen (secondary N) is 1. The van der Waals surface area contributed by atoms with Crippen LogP contribution in [0.3, 0.4) is 0 Å². The van der Waals surface area contributed by atoms with Crippen molar-refractivity contribution in [3.05, 3.63) is 0 Å². The van der Waals surface area contributed by atoms with Gasteiger partial charge in [0.05, 0.1) is 12.5 Å². The summed E-state index contributed by atoms with van der Waals surface area (Å²) in [5.74, 6) is -1.75. The highest BCUT2D eigenvalue weighted by atomic mass is 19.3. The third kappa shape index (κ3) is 9.96. The lowest BCUT2D eigenvalue weighted by Gasteiger charge is -2.30. The van der Waals surface area contributed by atoms with Crippen molar-refractivity contribution in [2.75, 3.05) is 6.61 Å². The van der Waals surface area contributed by atoms with Crippen molar-refractivity contribution in [2.24, 2.45) is 11.8 Å². The number of alkyl halides is 2. The molecule has 3 aliphatic carbocycles. The molecule has 3 rings (SSSR count). The van der Waals surface area contributed by atoms with E-state index in [0.717, 1.165) is 12.1 Å². The average molecular weight is 389 g/mol. The van der Waals surface area contributed by atoms with E-state index in [0.29, 0.717) is 0 Å². The normalized spacial score (nSPS) is 25.3. The summed E-state index contributed by atoms with van der Waals surface area (Å²) in [6.07, 6.45) is 12.7. The molecule has 5 nitrogen and oxygen atoms in total. The minimum absolute atomic E-state index is 0.250. The molecule has 0 radical (unpaired) electrons. The molecular formula is C20H33F2NO4. The van der Waals surface area contributed by atoms with Crippen LogP contribution >= 0.6 is 0 Å². The third-order valence-corrected chi connectivity index (χ3v) is 5.43. The predicted octanol–water partition coefficient (Wildman–Crippen LogP) is 4.11. The van der Waals surface area contributed by atoms with Crippen molar-refractivity contribution in [1.82, 2.24) is 5.32 Å². The Morgan fingerprint density at radius 2 is 1.44 bits per heavy atom. The van der Waals surface area contributed by atoms with Crippen LogP contribution in [0.2, 0.25) is 0 Å². The second-order valence-electron chi connectivity index (χ2n) is 7.51. The molecule has 3 fully saturated rings. The number of esters is 1. The van der Waals surface area contributed by atoms with Crippen LogP contribution in [0.25, 0.3) is 0 Å². The van der Waals surface area contributed by atoms with Crippen molar-refractivity contribution in [3.63, 3.8) is 0 Å². The van der Waals surface area contributed by atoms with Gasteiger partial charge in [-0.1, -0.05) is 38.5 Å². The number of rotatable bonds is 5. The van der Waals surface area contributed by atoms with Crippen LogP contribution in [-0.2, 0) is 19.1 Å². The second kappa shape index (κ2) is 13.8. The molecule has 0 spiro atoms. The lowest BCUT2D eigenvalue weighted by molar-refractivity contribution is -0.191. The van der Waals surface area contributed by atoms with E-state index in [4.69, 9.17) is 9.59 Å². The summed E-state index contributed by atoms with van der Waals surface area (Å²) in [6, 6.07) is 1.74. The topological polar surface area (TPSA) is 72.5 Å². The zero-order valence-corrected chi connectivity index (χ0v) is 16.3. The molecule has 2 unspecified atom stereocenters. The van der Waals surface area contributed by atoms with E-state index >= 15 is 0 Å². The monoisotopic (exact) mass is 389 g/mol. The molecule has 0 aliphatic heterocycles. The summed E-state index contributed by atoms with van der Waals surface area (Å²) in [5, 5.41) is 3.86. The summed E-state index contributed by atoms with van der Waals surface area (Å²) in [4.78, 5) is 27.0. The van der Waals surface area contributed by atoms with Crippen LogP contribution < -0.4 is 5.32 Å². The summed E-state index contributed by atoms with van der Waals surface area (Å²) < 4.78 is 28.3. The highest BCUT2D eigenvalue weighted by Crippen LogP contribution is 2.43. The molecule has 0 aromatic heterocycles. The first-order valence-electron chi connectivity index (χ1n) is 10.2. The molecule has 3 saturated carbocycles. The number of carbonyl (C=O) groups is 1. The zero-order valence-electron chi connectivity index (χ0n) is 16.3. The van der Waals surface area contributed by atoms with Crippen LogP contribution in [0.1, 0.15) is 77.6 Å². The van der Waals surface area contributed by atoms with E-state index in [1.165, 1.54) is 64.2 Å². The fourth-order valence-electron chi connectivity index (χ4n) is 3.89. The van der Waals surface area contributed by atoms with Gasteiger partial charge in [0, 0.05) is 18.0 Å². The van der Waals surface area contributed by atoms with Gasteiger partial charge in [-0.25, -0.2) is 8.78 Å². The lowest BCUT2D eigenvalue weighted by atomic mass is 9.91. The maximum absolute atomic E-state index is 11.9. The summed E-state index contributed by atoms with van der Waals surface area (Å²) >= 11 is 0. The van der Waals surface area contributed by atoms with Gasteiger partial charge < -0.3 is 10.1 Å². The van der Waals surface area contributed by atoms with E-state index in [2.05, 4.69) is 10.1 Å². The van der Waals surface area contributed by atoms with Gasteiger partial charge in [-0.2, -0.15) is 9.59 Å². The number of hydrogen-bond donors (Lipinski definition) is 1. The van der Waals surface area contributed by atoms with Crippen LogP contribution in [0, 0.1) is 11.8 Å². The summed E-state index contributed by atoms with van der Waals surface area (Å²) in [5.41, 5.74) is 0. The van der Waals surface area contributed by atoms with Gasteiger partial charge in [0.1, 0.15) is 0 Å². The molecule has 0 heterocycles. The smallest absolute Gasteiger partial charge is 0.373 e. The van der Waals surface area contributed by atoms with Gasteiger partial charge in [-0.3, -0.25) is 4.79 Å². The standard InChI is InChI=1S/C12H23N.C7H10F2O2.CO2/c1-3-7-11(8-4-1)13-12-9-5-2-6-10-12;1-2-11-7(10)5-3-4(5)6(8)9;2-1-3/h11-13H,1-10H2;4-6H,2-3H2,1H3;. The Morgan fingerprint density at radius 1 is 1.00 bits per heavy atom. The van der Waals surface area contributed by atoms with Crippen molar-refractivity contribution in [2.45, 2.75) is 96.1 Å². The van der Waals surface area contributed by atoms with E-state index in [9.17, 15) is 13.6 Å². The maximum Gasteiger partial charge on any atom is 0.373 e. The van der Waals surface area contributed by atoms with Crippen LogP contribution in [0.15, 0.2) is 0 Å². The molecule has 27 heavy (non-hydrogen) atoms. The molecule has 0 bridgehead atoms. The summed E-state index contributed by atoms with van der Waals surface area (Å²) in [7, 11) is 0. The second-order valence-corrected chi connectivity index (χ2v) is 7.51. The van der Waals surface area contributed by atoms with Gasteiger partial charge in [0.2, 0.25) is 6.43 Å². The largest absolute Gasteiger partial charge is 0.466 e. The molecule has 1 N–H and O–H groups in total. The molecule has 2 atom stereocenters. The van der Waals surface area contributed by atoms with E-state index < -0.39 is 24.2 Å². The van der Waals surface area contributed by atoms with Crippen molar-refractivity contribution >= 4 is 12.1 Å². The number of halogens is 2. The first-order chi connectivity index (χ1) is 13.0. The zero-order chi connectivity index (χ0) is 20.1. The van der Waals surface area contributed by atoms with E-state index in [1.54, 1.807) is 6.92 Å². The lowest BCUT2D eigenvalue weighted by Crippen LogP contribution is -2.40. The van der Waals surface area contributed by atoms with Gasteiger partial charge in [-0.05, 0) is 39.0 Å².